The van der Waals surface area contributed by atoms with Crippen molar-refractivity contribution in [3.05, 3.63) is 0 Å². The molecule has 3 unspecified atom stereocenters. The molecule has 2 fully saturated rings. The van der Waals surface area contributed by atoms with Crippen molar-refractivity contribution < 1.29 is 0 Å². The van der Waals surface area contributed by atoms with Gasteiger partial charge < -0.3 is 5.32 Å². The third-order valence-corrected chi connectivity index (χ3v) is 5.26. The number of likely N-dealkylation sites (N-methyl/N-ethyl adjacent to an activating group) is 1. The highest BCUT2D eigenvalue weighted by Crippen LogP contribution is 2.31. The molecule has 1 saturated heterocycles. The normalized spacial score (nSPS) is 34.2. The lowest BCUT2D eigenvalue weighted by atomic mass is 9.89. The molecule has 106 valence electrons. The first-order valence-electron chi connectivity index (χ1n) is 8.18. The van der Waals surface area contributed by atoms with Crippen LogP contribution in [0.15, 0.2) is 0 Å². The molecule has 0 aromatic carbocycles. The molecule has 3 atom stereocenters. The molecule has 18 heavy (non-hydrogen) atoms. The summed E-state index contributed by atoms with van der Waals surface area (Å²) >= 11 is 0. The molecular formula is C16H32N2. The van der Waals surface area contributed by atoms with Gasteiger partial charge in [0, 0.05) is 18.6 Å². The Kier molecular flexibility index (Phi) is 5.50. The molecule has 0 spiro atoms. The molecule has 1 N–H and O–H groups in total. The van der Waals surface area contributed by atoms with Crippen molar-refractivity contribution in [3.8, 4) is 0 Å². The summed E-state index contributed by atoms with van der Waals surface area (Å²) in [5.41, 5.74) is 0. The second kappa shape index (κ2) is 6.91. The van der Waals surface area contributed by atoms with Crippen molar-refractivity contribution in [1.29, 1.82) is 0 Å². The van der Waals surface area contributed by atoms with Gasteiger partial charge in [0.25, 0.3) is 0 Å². The molecule has 2 rings (SSSR count). The predicted octanol–water partition coefficient (Wildman–Crippen LogP) is 3.28. The zero-order valence-corrected chi connectivity index (χ0v) is 12.6. The monoisotopic (exact) mass is 252 g/mol. The van der Waals surface area contributed by atoms with Crippen molar-refractivity contribution in [2.24, 2.45) is 11.8 Å². The first kappa shape index (κ1) is 14.3. The standard InChI is InChI=1S/C16H32N2/c1-4-18(16-10-11-17-12-16)15-7-5-6-14(8-9-15)13(2)3/h13-17H,4-12H2,1-3H3. The number of nitrogens with zero attached hydrogens (tertiary/aromatic N) is 1. The Balaban J connectivity index is 1.90. The summed E-state index contributed by atoms with van der Waals surface area (Å²) in [4.78, 5) is 2.81. The van der Waals surface area contributed by atoms with Crippen molar-refractivity contribution in [1.82, 2.24) is 10.2 Å². The second-order valence-electron chi connectivity index (χ2n) is 6.64. The van der Waals surface area contributed by atoms with Gasteiger partial charge in [-0.25, -0.2) is 0 Å². The summed E-state index contributed by atoms with van der Waals surface area (Å²) in [6.45, 7) is 10.8. The summed E-state index contributed by atoms with van der Waals surface area (Å²) in [7, 11) is 0. The quantitative estimate of drug-likeness (QED) is 0.773. The number of hydrogen-bond acceptors (Lipinski definition) is 2. The molecule has 1 aliphatic carbocycles. The zero-order valence-electron chi connectivity index (χ0n) is 12.6. The maximum Gasteiger partial charge on any atom is 0.0235 e. The van der Waals surface area contributed by atoms with Gasteiger partial charge in [-0.15, -0.1) is 0 Å². The molecule has 0 amide bonds. The van der Waals surface area contributed by atoms with Crippen molar-refractivity contribution in [3.63, 3.8) is 0 Å². The lowest BCUT2D eigenvalue weighted by Crippen LogP contribution is -2.44. The Labute approximate surface area is 114 Å². The summed E-state index contributed by atoms with van der Waals surface area (Å²) in [5.74, 6) is 1.86. The second-order valence-corrected chi connectivity index (χ2v) is 6.64. The molecule has 0 aromatic heterocycles. The van der Waals surface area contributed by atoms with Crippen LogP contribution in [0.1, 0.15) is 59.3 Å². The third-order valence-electron chi connectivity index (χ3n) is 5.26. The van der Waals surface area contributed by atoms with E-state index in [9.17, 15) is 0 Å². The lowest BCUT2D eigenvalue weighted by molar-refractivity contribution is 0.135. The van der Waals surface area contributed by atoms with Crippen LogP contribution in [0.3, 0.4) is 0 Å². The molecule has 2 nitrogen and oxygen atoms in total. The van der Waals surface area contributed by atoms with E-state index in [-0.39, 0.29) is 0 Å². The van der Waals surface area contributed by atoms with Crippen LogP contribution in [0.4, 0.5) is 0 Å². The van der Waals surface area contributed by atoms with Crippen LogP contribution >= 0.6 is 0 Å². The smallest absolute Gasteiger partial charge is 0.0235 e. The third kappa shape index (κ3) is 3.48. The Bertz CT molecular complexity index is 233. The largest absolute Gasteiger partial charge is 0.315 e. The molecule has 2 aliphatic rings. The SMILES string of the molecule is CCN(C1CCCC(C(C)C)CC1)C1CCNC1. The Hall–Kier alpha value is -0.0800. The number of nitrogens with one attached hydrogen (secondary N) is 1. The van der Waals surface area contributed by atoms with Gasteiger partial charge in [0.05, 0.1) is 0 Å². The van der Waals surface area contributed by atoms with Crippen LogP contribution < -0.4 is 5.32 Å². The topological polar surface area (TPSA) is 15.3 Å². The van der Waals surface area contributed by atoms with Crippen molar-refractivity contribution >= 4 is 0 Å². The molecule has 1 heterocycles. The summed E-state index contributed by atoms with van der Waals surface area (Å²) in [6, 6.07) is 1.68. The molecule has 0 radical (unpaired) electrons. The van der Waals surface area contributed by atoms with E-state index in [2.05, 4.69) is 31.0 Å². The van der Waals surface area contributed by atoms with Gasteiger partial charge in [-0.2, -0.15) is 0 Å². The van der Waals surface area contributed by atoms with Crippen molar-refractivity contribution in [2.45, 2.75) is 71.4 Å². The fourth-order valence-electron chi connectivity index (χ4n) is 4.05. The Morgan fingerprint density at radius 3 is 2.50 bits per heavy atom. The van der Waals surface area contributed by atoms with Gasteiger partial charge in [0.2, 0.25) is 0 Å². The summed E-state index contributed by atoms with van der Waals surface area (Å²) in [6.07, 6.45) is 8.61. The first-order valence-corrected chi connectivity index (χ1v) is 8.18. The van der Waals surface area contributed by atoms with E-state index in [4.69, 9.17) is 0 Å². The molecule has 0 bridgehead atoms. The zero-order chi connectivity index (χ0) is 13.0. The van der Waals surface area contributed by atoms with Crippen LogP contribution in [0.25, 0.3) is 0 Å². The summed E-state index contributed by atoms with van der Waals surface area (Å²) < 4.78 is 0. The van der Waals surface area contributed by atoms with E-state index in [1.165, 1.54) is 58.2 Å². The Morgan fingerprint density at radius 2 is 1.89 bits per heavy atom. The van der Waals surface area contributed by atoms with E-state index >= 15 is 0 Å². The predicted molar refractivity (Wildman–Crippen MR) is 78.9 cm³/mol. The van der Waals surface area contributed by atoms with Crippen LogP contribution in [0.2, 0.25) is 0 Å². The molecular weight excluding hydrogens is 220 g/mol. The minimum atomic E-state index is 0.815. The van der Waals surface area contributed by atoms with Gasteiger partial charge in [-0.05, 0) is 50.6 Å². The Morgan fingerprint density at radius 1 is 1.06 bits per heavy atom. The average molecular weight is 252 g/mol. The number of hydrogen-bond donors (Lipinski definition) is 1. The first-order chi connectivity index (χ1) is 8.72. The maximum atomic E-state index is 3.53. The van der Waals surface area contributed by atoms with E-state index in [1.807, 2.05) is 0 Å². The average Bonchev–Trinajstić information content (AvgIpc) is 2.75. The van der Waals surface area contributed by atoms with Crippen LogP contribution in [-0.2, 0) is 0 Å². The van der Waals surface area contributed by atoms with Crippen LogP contribution in [-0.4, -0.2) is 36.6 Å². The highest BCUT2D eigenvalue weighted by molar-refractivity contribution is 4.86. The van der Waals surface area contributed by atoms with Gasteiger partial charge in [-0.1, -0.05) is 33.6 Å². The number of rotatable bonds is 4. The fourth-order valence-corrected chi connectivity index (χ4v) is 4.05. The molecule has 1 aliphatic heterocycles. The molecule has 0 aromatic rings. The maximum absolute atomic E-state index is 3.53. The van der Waals surface area contributed by atoms with Gasteiger partial charge >= 0.3 is 0 Å². The van der Waals surface area contributed by atoms with Gasteiger partial charge in [0.15, 0.2) is 0 Å². The molecule has 2 heteroatoms. The minimum absolute atomic E-state index is 0.815. The van der Waals surface area contributed by atoms with Gasteiger partial charge in [0.1, 0.15) is 0 Å². The van der Waals surface area contributed by atoms with Crippen molar-refractivity contribution in [2.75, 3.05) is 19.6 Å². The summed E-state index contributed by atoms with van der Waals surface area (Å²) in [5, 5.41) is 3.53. The molecule has 1 saturated carbocycles. The van der Waals surface area contributed by atoms with E-state index in [0.717, 1.165) is 23.9 Å². The van der Waals surface area contributed by atoms with Crippen LogP contribution in [0, 0.1) is 11.8 Å². The fraction of sp³-hybridized carbons (Fsp3) is 1.00. The van der Waals surface area contributed by atoms with E-state index < -0.39 is 0 Å². The highest BCUT2D eigenvalue weighted by atomic mass is 15.2. The van der Waals surface area contributed by atoms with E-state index in [1.54, 1.807) is 0 Å². The van der Waals surface area contributed by atoms with E-state index in [0.29, 0.717) is 0 Å². The highest BCUT2D eigenvalue weighted by Gasteiger charge is 2.29. The minimum Gasteiger partial charge on any atom is -0.315 e. The lowest BCUT2D eigenvalue weighted by Gasteiger charge is -2.35. The van der Waals surface area contributed by atoms with Gasteiger partial charge in [-0.3, -0.25) is 4.90 Å². The van der Waals surface area contributed by atoms with Crippen LogP contribution in [0.5, 0.6) is 0 Å².